The maximum atomic E-state index is 5.39. The van der Waals surface area contributed by atoms with E-state index < -0.39 is 0 Å². The molecule has 2 aliphatic carbocycles. The van der Waals surface area contributed by atoms with Crippen LogP contribution in [0.25, 0.3) is 0 Å². The minimum atomic E-state index is 0.447. The van der Waals surface area contributed by atoms with Crippen LogP contribution in [0.2, 0.25) is 0 Å². The Labute approximate surface area is 198 Å². The zero-order valence-electron chi connectivity index (χ0n) is 20.6. The predicted octanol–water partition coefficient (Wildman–Crippen LogP) is 3.99. The summed E-state index contributed by atoms with van der Waals surface area (Å²) in [6, 6.07) is 7.11. The van der Waals surface area contributed by atoms with Crippen molar-refractivity contribution in [1.29, 1.82) is 0 Å². The number of aryl methyl sites for hydroxylation is 1. The fourth-order valence-corrected chi connectivity index (χ4v) is 5.06. The SMILES string of the molecule is COc1cc(CCN[C@H]2CC[C@@H](Nc3nc4c(c(N(C)C)n3)CCCC4)CC2)cc(OC)c1. The summed E-state index contributed by atoms with van der Waals surface area (Å²) >= 11 is 0. The van der Waals surface area contributed by atoms with Gasteiger partial charge in [0.25, 0.3) is 0 Å². The molecule has 0 atom stereocenters. The zero-order chi connectivity index (χ0) is 23.2. The van der Waals surface area contributed by atoms with Gasteiger partial charge in [-0.15, -0.1) is 0 Å². The van der Waals surface area contributed by atoms with Gasteiger partial charge in [-0.25, -0.2) is 4.98 Å². The molecule has 1 fully saturated rings. The Morgan fingerprint density at radius 3 is 2.24 bits per heavy atom. The molecule has 1 heterocycles. The van der Waals surface area contributed by atoms with E-state index in [-0.39, 0.29) is 0 Å². The van der Waals surface area contributed by atoms with Crippen LogP contribution in [0.5, 0.6) is 11.5 Å². The Balaban J connectivity index is 1.26. The fraction of sp³-hybridized carbons (Fsp3) is 0.615. The highest BCUT2D eigenvalue weighted by Gasteiger charge is 2.23. The zero-order valence-corrected chi connectivity index (χ0v) is 20.6. The first-order valence-electron chi connectivity index (χ1n) is 12.3. The average Bonchev–Trinajstić information content (AvgIpc) is 2.84. The molecule has 2 aromatic rings. The number of nitrogens with one attached hydrogen (secondary N) is 2. The molecule has 0 saturated heterocycles. The molecule has 180 valence electrons. The van der Waals surface area contributed by atoms with Crippen molar-refractivity contribution in [3.05, 3.63) is 35.0 Å². The number of methoxy groups -OCH3 is 2. The third-order valence-electron chi connectivity index (χ3n) is 6.90. The Hall–Kier alpha value is -2.54. The Bertz CT molecular complexity index is 903. The van der Waals surface area contributed by atoms with Crippen molar-refractivity contribution in [2.24, 2.45) is 0 Å². The van der Waals surface area contributed by atoms with Gasteiger partial charge in [0.15, 0.2) is 0 Å². The van der Waals surface area contributed by atoms with Crippen LogP contribution in [0.3, 0.4) is 0 Å². The van der Waals surface area contributed by atoms with Crippen LogP contribution in [0.1, 0.15) is 55.3 Å². The molecule has 2 N–H and O–H groups in total. The molecule has 33 heavy (non-hydrogen) atoms. The predicted molar refractivity (Wildman–Crippen MR) is 134 cm³/mol. The van der Waals surface area contributed by atoms with Crippen LogP contribution in [-0.2, 0) is 19.3 Å². The van der Waals surface area contributed by atoms with Crippen molar-refractivity contribution >= 4 is 11.8 Å². The second kappa shape index (κ2) is 11.1. The van der Waals surface area contributed by atoms with E-state index in [0.29, 0.717) is 12.1 Å². The van der Waals surface area contributed by atoms with E-state index in [1.807, 2.05) is 6.07 Å². The molecular weight excluding hydrogens is 414 g/mol. The van der Waals surface area contributed by atoms with Crippen molar-refractivity contribution in [3.8, 4) is 11.5 Å². The normalized spacial score (nSPS) is 20.1. The highest BCUT2D eigenvalue weighted by atomic mass is 16.5. The molecule has 1 aromatic carbocycles. The number of anilines is 2. The molecule has 0 aliphatic heterocycles. The number of rotatable bonds is 9. The summed E-state index contributed by atoms with van der Waals surface area (Å²) in [4.78, 5) is 11.9. The molecule has 0 bridgehead atoms. The van der Waals surface area contributed by atoms with E-state index in [9.17, 15) is 0 Å². The first-order valence-corrected chi connectivity index (χ1v) is 12.3. The lowest BCUT2D eigenvalue weighted by Gasteiger charge is -2.30. The summed E-state index contributed by atoms with van der Waals surface area (Å²) in [5, 5.41) is 7.40. The summed E-state index contributed by atoms with van der Waals surface area (Å²) in [7, 11) is 7.55. The Kier molecular flexibility index (Phi) is 7.91. The van der Waals surface area contributed by atoms with Crippen molar-refractivity contribution in [3.63, 3.8) is 0 Å². The molecule has 2 aliphatic rings. The third kappa shape index (κ3) is 6.08. The Morgan fingerprint density at radius 2 is 1.58 bits per heavy atom. The quantitative estimate of drug-likeness (QED) is 0.595. The van der Waals surface area contributed by atoms with E-state index in [0.717, 1.165) is 61.9 Å². The molecule has 0 amide bonds. The molecule has 4 rings (SSSR count). The second-order valence-electron chi connectivity index (χ2n) is 9.52. The first-order chi connectivity index (χ1) is 16.1. The molecule has 0 unspecified atom stereocenters. The van der Waals surface area contributed by atoms with Crippen LogP contribution in [0, 0.1) is 0 Å². The molecule has 0 radical (unpaired) electrons. The van der Waals surface area contributed by atoms with Crippen LogP contribution in [0.4, 0.5) is 11.8 Å². The average molecular weight is 454 g/mol. The van der Waals surface area contributed by atoms with Gasteiger partial charge in [0.1, 0.15) is 17.3 Å². The minimum Gasteiger partial charge on any atom is -0.497 e. The van der Waals surface area contributed by atoms with Crippen LogP contribution < -0.4 is 25.0 Å². The monoisotopic (exact) mass is 453 g/mol. The van der Waals surface area contributed by atoms with Crippen molar-refractivity contribution < 1.29 is 9.47 Å². The number of aromatic nitrogens is 2. The highest BCUT2D eigenvalue weighted by molar-refractivity contribution is 5.53. The van der Waals surface area contributed by atoms with Crippen LogP contribution in [0.15, 0.2) is 18.2 Å². The maximum Gasteiger partial charge on any atom is 0.225 e. The number of nitrogens with zero attached hydrogens (tertiary/aromatic N) is 3. The van der Waals surface area contributed by atoms with E-state index in [4.69, 9.17) is 19.4 Å². The molecular formula is C26H39N5O2. The standard InChI is InChI=1S/C26H39N5O2/c1-31(2)25-23-7-5-6-8-24(23)29-26(30-25)28-20-11-9-19(10-12-20)27-14-13-18-15-21(32-3)17-22(16-18)33-4/h15-17,19-20,27H,5-14H2,1-4H3,(H,28,29,30)/t19-,20+. The number of ether oxygens (including phenoxy) is 2. The molecule has 1 aromatic heterocycles. The van der Waals surface area contributed by atoms with Crippen molar-refractivity contribution in [2.75, 3.05) is 45.1 Å². The lowest BCUT2D eigenvalue weighted by atomic mass is 9.91. The number of hydrogen-bond acceptors (Lipinski definition) is 7. The van der Waals surface area contributed by atoms with E-state index in [1.54, 1.807) is 14.2 Å². The molecule has 1 saturated carbocycles. The van der Waals surface area contributed by atoms with Gasteiger partial charge < -0.3 is 25.0 Å². The first kappa shape index (κ1) is 23.6. The van der Waals surface area contributed by atoms with E-state index in [1.165, 1.54) is 42.5 Å². The van der Waals surface area contributed by atoms with Gasteiger partial charge >= 0.3 is 0 Å². The number of fused-ring (bicyclic) bond motifs is 1. The van der Waals surface area contributed by atoms with Gasteiger partial charge in [-0.1, -0.05) is 0 Å². The molecule has 7 heteroatoms. The molecule has 0 spiro atoms. The lowest BCUT2D eigenvalue weighted by molar-refractivity contribution is 0.354. The number of benzene rings is 1. The van der Waals surface area contributed by atoms with Crippen LogP contribution >= 0.6 is 0 Å². The van der Waals surface area contributed by atoms with E-state index >= 15 is 0 Å². The topological polar surface area (TPSA) is 71.5 Å². The fourth-order valence-electron chi connectivity index (χ4n) is 5.06. The minimum absolute atomic E-state index is 0.447. The van der Waals surface area contributed by atoms with Crippen molar-refractivity contribution in [2.45, 2.75) is 69.9 Å². The summed E-state index contributed by atoms with van der Waals surface area (Å²) < 4.78 is 10.8. The van der Waals surface area contributed by atoms with Crippen LogP contribution in [-0.4, -0.2) is 56.9 Å². The van der Waals surface area contributed by atoms with Gasteiger partial charge in [0, 0.05) is 37.8 Å². The van der Waals surface area contributed by atoms with Gasteiger partial charge in [0.05, 0.1) is 19.9 Å². The number of hydrogen-bond donors (Lipinski definition) is 2. The smallest absolute Gasteiger partial charge is 0.225 e. The summed E-state index contributed by atoms with van der Waals surface area (Å²) in [5.41, 5.74) is 3.82. The lowest BCUT2D eigenvalue weighted by Crippen LogP contribution is -2.38. The summed E-state index contributed by atoms with van der Waals surface area (Å²) in [6.45, 7) is 0.958. The van der Waals surface area contributed by atoms with Gasteiger partial charge in [-0.2, -0.15) is 4.98 Å². The van der Waals surface area contributed by atoms with E-state index in [2.05, 4.69) is 41.8 Å². The Morgan fingerprint density at radius 1 is 0.909 bits per heavy atom. The highest BCUT2D eigenvalue weighted by Crippen LogP contribution is 2.29. The third-order valence-corrected chi connectivity index (χ3v) is 6.90. The van der Waals surface area contributed by atoms with Gasteiger partial charge in [-0.05, 0) is 82.0 Å². The van der Waals surface area contributed by atoms with Crippen molar-refractivity contribution in [1.82, 2.24) is 15.3 Å². The van der Waals surface area contributed by atoms with Gasteiger partial charge in [0.2, 0.25) is 5.95 Å². The summed E-state index contributed by atoms with van der Waals surface area (Å²) in [6.07, 6.45) is 10.2. The largest absolute Gasteiger partial charge is 0.497 e. The molecule has 7 nitrogen and oxygen atoms in total. The second-order valence-corrected chi connectivity index (χ2v) is 9.52. The van der Waals surface area contributed by atoms with Gasteiger partial charge in [-0.3, -0.25) is 0 Å². The maximum absolute atomic E-state index is 5.39. The summed E-state index contributed by atoms with van der Waals surface area (Å²) in [5.74, 6) is 3.59.